The van der Waals surface area contributed by atoms with Gasteiger partial charge in [-0.1, -0.05) is 106 Å². The lowest BCUT2D eigenvalue weighted by molar-refractivity contribution is -0.289. The summed E-state index contributed by atoms with van der Waals surface area (Å²) in [6.07, 6.45) is 20.4. The quantitative estimate of drug-likeness (QED) is 0.0457. The molecule has 278 valence electrons. The third-order valence-corrected chi connectivity index (χ3v) is 17.9. The minimum atomic E-state index is -1.21. The molecule has 3 nitrogen and oxygen atoms in total. The summed E-state index contributed by atoms with van der Waals surface area (Å²) < 4.78 is 35.7. The Morgan fingerprint density at radius 2 is 1.11 bits per heavy atom. The standard InChI is InChI=1S/C36H73FO3S6/c1-9-16-21-23-29-40-35(39-28-22-17-10-2,36(41-8,46-37)42-15-7)33(38-27-19-12-4)25-26-34(43-30-14-6,44-31-20-13-5)45-32-24-18-11-3/h33H,9-32H2,1-8H3. The lowest BCUT2D eigenvalue weighted by atomic mass is 10.0. The molecule has 0 saturated heterocycles. The van der Waals surface area contributed by atoms with Crippen LogP contribution in [0.15, 0.2) is 0 Å². The highest BCUT2D eigenvalue weighted by Gasteiger charge is 2.61. The number of rotatable bonds is 36. The third kappa shape index (κ3) is 18.4. The van der Waals surface area contributed by atoms with Crippen LogP contribution in [0, 0.1) is 0 Å². The zero-order valence-corrected chi connectivity index (χ0v) is 36.0. The Kier molecular flexibility index (Phi) is 32.9. The van der Waals surface area contributed by atoms with E-state index in [4.69, 9.17) is 14.2 Å². The molecule has 4 atom stereocenters. The van der Waals surface area contributed by atoms with Crippen LogP contribution in [0.1, 0.15) is 158 Å². The van der Waals surface area contributed by atoms with Crippen molar-refractivity contribution in [3.8, 4) is 0 Å². The monoisotopic (exact) mass is 764 g/mol. The van der Waals surface area contributed by atoms with Gasteiger partial charge in [0.25, 0.3) is 0 Å². The van der Waals surface area contributed by atoms with Gasteiger partial charge in [-0.15, -0.1) is 58.8 Å². The van der Waals surface area contributed by atoms with E-state index in [-0.39, 0.29) is 9.52 Å². The van der Waals surface area contributed by atoms with Crippen LogP contribution in [0.4, 0.5) is 3.89 Å². The fourth-order valence-corrected chi connectivity index (χ4v) is 13.7. The minimum absolute atomic E-state index is 0.0448. The predicted octanol–water partition coefficient (Wildman–Crippen LogP) is 14.1. The van der Waals surface area contributed by atoms with Crippen molar-refractivity contribution in [2.24, 2.45) is 0 Å². The van der Waals surface area contributed by atoms with E-state index >= 15 is 3.89 Å². The normalized spacial score (nSPS) is 16.6. The average molecular weight is 765 g/mol. The SMILES string of the molecule is CCCCCCOC(OCCCCC)(C(CCC(SCCC)(SCCCC)SCCCCC)OCCCC)C(SC)(SF)SCC. The molecular formula is C36H73FO3S6. The molecule has 0 aliphatic rings. The molecule has 46 heavy (non-hydrogen) atoms. The lowest BCUT2D eigenvalue weighted by Gasteiger charge is -2.50. The fraction of sp³-hybridized carbons (Fsp3) is 1.00. The summed E-state index contributed by atoms with van der Waals surface area (Å²) in [6.45, 7) is 17.4. The molecule has 0 amide bonds. The van der Waals surface area contributed by atoms with Crippen LogP contribution in [-0.2, 0) is 14.2 Å². The number of unbranched alkanes of at least 4 members (excludes halogenated alkanes) is 9. The van der Waals surface area contributed by atoms with Gasteiger partial charge in [-0.25, -0.2) is 0 Å². The predicted molar refractivity (Wildman–Crippen MR) is 220 cm³/mol. The second-order valence-electron chi connectivity index (χ2n) is 11.9. The van der Waals surface area contributed by atoms with E-state index in [0.29, 0.717) is 32.0 Å². The number of ether oxygens (including phenoxy) is 3. The Morgan fingerprint density at radius 1 is 0.565 bits per heavy atom. The van der Waals surface area contributed by atoms with Crippen LogP contribution in [0.2, 0.25) is 0 Å². The van der Waals surface area contributed by atoms with Crippen LogP contribution < -0.4 is 0 Å². The van der Waals surface area contributed by atoms with E-state index in [1.54, 1.807) is 11.8 Å². The fourth-order valence-electron chi connectivity index (χ4n) is 5.14. The van der Waals surface area contributed by atoms with Crippen molar-refractivity contribution < 1.29 is 18.1 Å². The minimum Gasteiger partial charge on any atom is -0.372 e. The Balaban J connectivity index is 6.92. The van der Waals surface area contributed by atoms with Crippen molar-refractivity contribution in [2.45, 2.75) is 176 Å². The zero-order valence-electron chi connectivity index (χ0n) is 31.1. The topological polar surface area (TPSA) is 27.7 Å². The van der Waals surface area contributed by atoms with Crippen LogP contribution in [0.25, 0.3) is 0 Å². The van der Waals surface area contributed by atoms with E-state index in [1.165, 1.54) is 74.6 Å². The van der Waals surface area contributed by atoms with Crippen molar-refractivity contribution in [2.75, 3.05) is 49.1 Å². The molecule has 0 rings (SSSR count). The molecule has 0 fully saturated rings. The summed E-state index contributed by atoms with van der Waals surface area (Å²) in [5.74, 6) is 3.06. The van der Waals surface area contributed by atoms with E-state index in [9.17, 15) is 0 Å². The first-order chi connectivity index (χ1) is 22.4. The largest absolute Gasteiger partial charge is 0.372 e. The number of halogens is 1. The van der Waals surface area contributed by atoms with Gasteiger partial charge >= 0.3 is 0 Å². The second-order valence-corrected chi connectivity index (χ2v) is 20.9. The lowest BCUT2D eigenvalue weighted by Crippen LogP contribution is -2.61. The first-order valence-corrected chi connectivity index (χ1v) is 24.6. The Labute approximate surface area is 312 Å². The average Bonchev–Trinajstić information content (AvgIpc) is 3.07. The highest BCUT2D eigenvalue weighted by atomic mass is 32.3. The highest BCUT2D eigenvalue weighted by Crippen LogP contribution is 2.59. The molecule has 0 aromatic rings. The molecule has 0 spiro atoms. The zero-order chi connectivity index (χ0) is 34.4. The van der Waals surface area contributed by atoms with Crippen LogP contribution in [0.3, 0.4) is 0 Å². The molecule has 0 N–H and O–H groups in total. The van der Waals surface area contributed by atoms with Gasteiger partial charge in [0.2, 0.25) is 5.79 Å². The van der Waals surface area contributed by atoms with Gasteiger partial charge in [0.1, 0.15) is 9.52 Å². The molecule has 0 aromatic heterocycles. The summed E-state index contributed by atoms with van der Waals surface area (Å²) in [5.41, 5.74) is 0. The summed E-state index contributed by atoms with van der Waals surface area (Å²) in [5, 5.41) is 0. The number of thioether (sulfide) groups is 5. The van der Waals surface area contributed by atoms with Crippen LogP contribution in [-0.4, -0.2) is 67.8 Å². The van der Waals surface area contributed by atoms with E-state index in [1.807, 2.05) is 6.26 Å². The maximum absolute atomic E-state index is 15.7. The molecule has 0 aliphatic heterocycles. The molecule has 10 heteroatoms. The Morgan fingerprint density at radius 3 is 1.65 bits per heavy atom. The smallest absolute Gasteiger partial charge is 0.231 e. The first kappa shape index (κ1) is 47.9. The molecule has 0 saturated carbocycles. The van der Waals surface area contributed by atoms with Crippen molar-refractivity contribution >= 4 is 71.0 Å². The molecule has 4 unspecified atom stereocenters. The van der Waals surface area contributed by atoms with Gasteiger partial charge in [-0.05, 0) is 80.6 Å². The third-order valence-electron chi connectivity index (χ3n) is 7.88. The van der Waals surface area contributed by atoms with Gasteiger partial charge < -0.3 is 14.2 Å². The van der Waals surface area contributed by atoms with Crippen LogP contribution in [0.5, 0.6) is 0 Å². The summed E-state index contributed by atoms with van der Waals surface area (Å²) >= 11 is 10.0. The molecule has 0 aromatic carbocycles. The molecule has 0 bridgehead atoms. The number of hydrogen-bond acceptors (Lipinski definition) is 9. The van der Waals surface area contributed by atoms with E-state index in [0.717, 1.165) is 69.3 Å². The first-order valence-electron chi connectivity index (χ1n) is 18.7. The van der Waals surface area contributed by atoms with Crippen molar-refractivity contribution in [3.63, 3.8) is 0 Å². The summed E-state index contributed by atoms with van der Waals surface area (Å²) in [7, 11) is 0. The van der Waals surface area contributed by atoms with E-state index in [2.05, 4.69) is 83.8 Å². The van der Waals surface area contributed by atoms with Gasteiger partial charge in [0, 0.05) is 6.61 Å². The summed E-state index contributed by atoms with van der Waals surface area (Å²) in [4.78, 5) is 0. The molecule has 0 radical (unpaired) electrons. The molecular weight excluding hydrogens is 692 g/mol. The Bertz CT molecular complexity index is 663. The van der Waals surface area contributed by atoms with Crippen LogP contribution >= 0.6 is 71.0 Å². The van der Waals surface area contributed by atoms with Gasteiger partial charge in [0.05, 0.1) is 25.4 Å². The van der Waals surface area contributed by atoms with Crippen molar-refractivity contribution in [1.82, 2.24) is 0 Å². The Hall–Kier alpha value is 1.91. The maximum atomic E-state index is 15.7. The van der Waals surface area contributed by atoms with Crippen molar-refractivity contribution in [1.29, 1.82) is 0 Å². The molecule has 0 aliphatic carbocycles. The second kappa shape index (κ2) is 31.6. The van der Waals surface area contributed by atoms with Crippen molar-refractivity contribution in [3.05, 3.63) is 0 Å². The highest BCUT2D eigenvalue weighted by molar-refractivity contribution is 8.33. The summed E-state index contributed by atoms with van der Waals surface area (Å²) in [6, 6.07) is 0. The van der Waals surface area contributed by atoms with Gasteiger partial charge in [-0.3, -0.25) is 0 Å². The molecule has 0 heterocycles. The number of hydrogen-bond donors (Lipinski definition) is 0. The van der Waals surface area contributed by atoms with Gasteiger partial charge in [-0.2, -0.15) is 3.89 Å². The van der Waals surface area contributed by atoms with Gasteiger partial charge in [0.15, 0.2) is 3.41 Å². The van der Waals surface area contributed by atoms with E-state index < -0.39 is 9.20 Å². The maximum Gasteiger partial charge on any atom is 0.231 e.